The molecule has 3 aliphatic heterocycles. The lowest BCUT2D eigenvalue weighted by Gasteiger charge is -2.43. The van der Waals surface area contributed by atoms with E-state index in [1.54, 1.807) is 22.7 Å². The van der Waals surface area contributed by atoms with Gasteiger partial charge in [-0.2, -0.15) is 0 Å². The van der Waals surface area contributed by atoms with Crippen LogP contribution in [-0.4, -0.2) is 81.1 Å². The lowest BCUT2D eigenvalue weighted by Crippen LogP contribution is -2.59. The largest absolute Gasteiger partial charge is 0.461 e. The third-order valence-electron chi connectivity index (χ3n) is 8.06. The number of esters is 1. The highest BCUT2D eigenvalue weighted by Gasteiger charge is 2.76. The van der Waals surface area contributed by atoms with Gasteiger partial charge in [0.25, 0.3) is 0 Å². The molecule has 1 saturated carbocycles. The zero-order chi connectivity index (χ0) is 23.8. The number of thioether (sulfide) groups is 1. The molecular weight excluding hydrogens is 440 g/mol. The maximum Gasteiger partial charge on any atom is 0.311 e. The molecule has 2 amide bonds. The zero-order valence-corrected chi connectivity index (χ0v) is 20.3. The van der Waals surface area contributed by atoms with Crippen molar-refractivity contribution in [3.05, 3.63) is 25.3 Å². The number of amides is 2. The number of β-amino-alcohol motifs (C(OH)–C–C–N with tert-alkyl or cyclic N) is 1. The molecule has 182 valence electrons. The topological polar surface area (TPSA) is 87.2 Å². The summed E-state index contributed by atoms with van der Waals surface area (Å²) in [6.45, 7) is 9.99. The molecule has 0 aromatic rings. The number of hydrogen-bond acceptors (Lipinski definition) is 6. The van der Waals surface area contributed by atoms with E-state index in [4.69, 9.17) is 4.74 Å². The molecule has 1 aliphatic carbocycles. The van der Waals surface area contributed by atoms with Gasteiger partial charge in [0.1, 0.15) is 12.6 Å². The van der Waals surface area contributed by atoms with E-state index in [9.17, 15) is 19.5 Å². The Morgan fingerprint density at radius 3 is 2.64 bits per heavy atom. The fourth-order valence-corrected chi connectivity index (χ4v) is 9.16. The number of aliphatic hydroxyl groups is 1. The molecule has 4 aliphatic rings. The maximum atomic E-state index is 14.2. The highest BCUT2D eigenvalue weighted by molar-refractivity contribution is 8.02. The van der Waals surface area contributed by atoms with Crippen LogP contribution in [-0.2, 0) is 19.1 Å². The number of carbonyl (C=O) groups is 3. The molecule has 8 heteroatoms. The molecule has 33 heavy (non-hydrogen) atoms. The predicted octanol–water partition coefficient (Wildman–Crippen LogP) is 2.39. The van der Waals surface area contributed by atoms with Crippen molar-refractivity contribution in [2.75, 3.05) is 26.3 Å². The lowest BCUT2D eigenvalue weighted by molar-refractivity contribution is -0.153. The number of ether oxygens (including phenoxy) is 1. The van der Waals surface area contributed by atoms with Crippen LogP contribution in [0.5, 0.6) is 0 Å². The van der Waals surface area contributed by atoms with Crippen LogP contribution in [0.15, 0.2) is 25.3 Å². The average molecular weight is 477 g/mol. The number of fused-ring (bicyclic) bond motifs is 1. The summed E-state index contributed by atoms with van der Waals surface area (Å²) in [4.78, 5) is 44.5. The molecule has 3 unspecified atom stereocenters. The van der Waals surface area contributed by atoms with Crippen molar-refractivity contribution < 1.29 is 24.2 Å². The number of aliphatic hydroxyl groups excluding tert-OH is 1. The summed E-state index contributed by atoms with van der Waals surface area (Å²) in [5.74, 6) is -1.73. The first-order valence-electron chi connectivity index (χ1n) is 12.2. The third-order valence-corrected chi connectivity index (χ3v) is 10.1. The Balaban J connectivity index is 1.72. The first-order valence-corrected chi connectivity index (χ1v) is 13.1. The molecule has 4 fully saturated rings. The van der Waals surface area contributed by atoms with Gasteiger partial charge in [-0.25, -0.2) is 0 Å². The summed E-state index contributed by atoms with van der Waals surface area (Å²) in [5.41, 5.74) is 0. The van der Waals surface area contributed by atoms with Crippen molar-refractivity contribution >= 4 is 29.5 Å². The molecule has 1 spiro atoms. The van der Waals surface area contributed by atoms with E-state index in [1.165, 1.54) is 12.5 Å². The van der Waals surface area contributed by atoms with Crippen molar-refractivity contribution in [1.29, 1.82) is 0 Å². The van der Waals surface area contributed by atoms with Crippen LogP contribution in [0.3, 0.4) is 0 Å². The summed E-state index contributed by atoms with van der Waals surface area (Å²) in [6.07, 6.45) is 9.32. The SMILES string of the molecule is C=CCOC(=O)[C@@H]1[C@@H]2CC(C)C3(S2)C(C(=O)N(CC=C)C2CCCCC2)N(CCO)C(=O)[C@H]13. The van der Waals surface area contributed by atoms with Crippen molar-refractivity contribution in [3.63, 3.8) is 0 Å². The van der Waals surface area contributed by atoms with Gasteiger partial charge in [-0.15, -0.1) is 18.3 Å². The Hall–Kier alpha value is -1.80. The van der Waals surface area contributed by atoms with E-state index in [-0.39, 0.29) is 54.8 Å². The maximum absolute atomic E-state index is 14.2. The van der Waals surface area contributed by atoms with Crippen LogP contribution >= 0.6 is 11.8 Å². The summed E-state index contributed by atoms with van der Waals surface area (Å²) < 4.78 is 4.71. The van der Waals surface area contributed by atoms with E-state index >= 15 is 0 Å². The summed E-state index contributed by atoms with van der Waals surface area (Å²) >= 11 is 1.64. The molecule has 2 bridgehead atoms. The smallest absolute Gasteiger partial charge is 0.311 e. The highest BCUT2D eigenvalue weighted by atomic mass is 32.2. The molecule has 0 radical (unpaired) electrons. The second kappa shape index (κ2) is 9.82. The number of hydrogen-bond donors (Lipinski definition) is 1. The highest BCUT2D eigenvalue weighted by Crippen LogP contribution is 2.68. The van der Waals surface area contributed by atoms with Gasteiger partial charge in [0.15, 0.2) is 0 Å². The Kier molecular flexibility index (Phi) is 7.24. The number of carbonyl (C=O) groups excluding carboxylic acids is 3. The van der Waals surface area contributed by atoms with Gasteiger partial charge in [0.2, 0.25) is 11.8 Å². The van der Waals surface area contributed by atoms with Crippen LogP contribution < -0.4 is 0 Å². The molecule has 7 nitrogen and oxygen atoms in total. The zero-order valence-electron chi connectivity index (χ0n) is 19.5. The van der Waals surface area contributed by atoms with Gasteiger partial charge in [0, 0.05) is 24.4 Å². The van der Waals surface area contributed by atoms with Crippen LogP contribution in [0.1, 0.15) is 45.4 Å². The lowest BCUT2D eigenvalue weighted by atomic mass is 9.66. The Morgan fingerprint density at radius 1 is 1.27 bits per heavy atom. The molecule has 0 aromatic carbocycles. The standard InChI is InChI=1S/C25H36N2O5S/c1-4-11-26(17-9-7-6-8-10-17)23(30)21-25-16(3)15-18(33-25)19(24(31)32-14-5-2)20(25)22(29)27(21)12-13-28/h4-5,16-21,28H,1-2,6-15H2,3H3/t16?,18-,19+,20-,21?,25?/m0/s1. The van der Waals surface area contributed by atoms with Gasteiger partial charge in [-0.1, -0.05) is 44.9 Å². The van der Waals surface area contributed by atoms with E-state index in [0.29, 0.717) is 6.54 Å². The second-order valence-electron chi connectivity index (χ2n) is 9.80. The first-order chi connectivity index (χ1) is 15.9. The molecule has 4 rings (SSSR count). The van der Waals surface area contributed by atoms with Gasteiger partial charge >= 0.3 is 5.97 Å². The normalized spacial score (nSPS) is 35.4. The van der Waals surface area contributed by atoms with Crippen LogP contribution in [0.4, 0.5) is 0 Å². The second-order valence-corrected chi connectivity index (χ2v) is 11.3. The van der Waals surface area contributed by atoms with E-state index in [1.807, 2.05) is 4.90 Å². The molecule has 3 heterocycles. The van der Waals surface area contributed by atoms with Gasteiger partial charge in [-0.05, 0) is 25.2 Å². The number of likely N-dealkylation sites (tertiary alicyclic amines) is 1. The van der Waals surface area contributed by atoms with E-state index < -0.39 is 22.6 Å². The minimum atomic E-state index is -0.689. The first kappa shape index (κ1) is 24.3. The van der Waals surface area contributed by atoms with Gasteiger partial charge < -0.3 is 19.6 Å². The minimum Gasteiger partial charge on any atom is -0.461 e. The Morgan fingerprint density at radius 2 is 2.00 bits per heavy atom. The van der Waals surface area contributed by atoms with Gasteiger partial charge in [0.05, 0.1) is 23.2 Å². The molecule has 1 N–H and O–H groups in total. The van der Waals surface area contributed by atoms with Gasteiger partial charge in [-0.3, -0.25) is 14.4 Å². The Bertz CT molecular complexity index is 813. The quantitative estimate of drug-likeness (QED) is 0.406. The monoisotopic (exact) mass is 476 g/mol. The van der Waals surface area contributed by atoms with E-state index in [0.717, 1.165) is 32.1 Å². The average Bonchev–Trinajstić information content (AvgIpc) is 3.40. The number of nitrogens with zero attached hydrogens (tertiary/aromatic N) is 2. The summed E-state index contributed by atoms with van der Waals surface area (Å²) in [7, 11) is 0. The number of rotatable bonds is 9. The molecule has 3 saturated heterocycles. The minimum absolute atomic E-state index is 0.0413. The van der Waals surface area contributed by atoms with Crippen molar-refractivity contribution in [1.82, 2.24) is 9.80 Å². The molecule has 0 aromatic heterocycles. The van der Waals surface area contributed by atoms with Crippen LogP contribution in [0.2, 0.25) is 0 Å². The molecule has 6 atom stereocenters. The summed E-state index contributed by atoms with van der Waals surface area (Å²) in [5, 5.41) is 9.74. The fourth-order valence-electron chi connectivity index (χ4n) is 6.76. The van der Waals surface area contributed by atoms with Crippen molar-refractivity contribution in [2.45, 2.75) is 67.5 Å². The van der Waals surface area contributed by atoms with Crippen molar-refractivity contribution in [2.24, 2.45) is 17.8 Å². The Labute approximate surface area is 200 Å². The van der Waals surface area contributed by atoms with E-state index in [2.05, 4.69) is 20.1 Å². The summed E-state index contributed by atoms with van der Waals surface area (Å²) in [6, 6.07) is -0.552. The fraction of sp³-hybridized carbons (Fsp3) is 0.720. The molecular formula is C25H36N2O5S. The van der Waals surface area contributed by atoms with Crippen LogP contribution in [0.25, 0.3) is 0 Å². The predicted molar refractivity (Wildman–Crippen MR) is 127 cm³/mol. The van der Waals surface area contributed by atoms with Crippen molar-refractivity contribution in [3.8, 4) is 0 Å². The van der Waals surface area contributed by atoms with Crippen LogP contribution in [0, 0.1) is 17.8 Å². The third kappa shape index (κ3) is 3.83.